The second-order valence-electron chi connectivity index (χ2n) is 6.37. The number of aromatic nitrogens is 1. The van der Waals surface area contributed by atoms with Crippen molar-refractivity contribution in [2.45, 2.75) is 31.6 Å². The highest BCUT2D eigenvalue weighted by atomic mass is 32.1. The lowest BCUT2D eigenvalue weighted by Gasteiger charge is -2.28. The van der Waals surface area contributed by atoms with Crippen molar-refractivity contribution in [3.8, 4) is 0 Å². The maximum absolute atomic E-state index is 12.5. The van der Waals surface area contributed by atoms with Crippen LogP contribution < -0.4 is 11.1 Å². The van der Waals surface area contributed by atoms with Gasteiger partial charge in [0.1, 0.15) is 0 Å². The van der Waals surface area contributed by atoms with Crippen LogP contribution in [0.25, 0.3) is 10.2 Å². The van der Waals surface area contributed by atoms with Crippen LogP contribution in [-0.2, 0) is 19.1 Å². The lowest BCUT2D eigenvalue weighted by atomic mass is 9.79. The largest absolute Gasteiger partial charge is 0.455 e. The van der Waals surface area contributed by atoms with E-state index in [1.54, 1.807) is 11.3 Å². The molecule has 2 atom stereocenters. The molecule has 0 saturated heterocycles. The van der Waals surface area contributed by atoms with Crippen molar-refractivity contribution in [3.05, 3.63) is 29.3 Å². The molecular formula is C18H21N3O4S. The van der Waals surface area contributed by atoms with Crippen LogP contribution in [0.15, 0.2) is 24.3 Å². The molecule has 1 heterocycles. The van der Waals surface area contributed by atoms with Crippen molar-refractivity contribution in [2.24, 2.45) is 11.7 Å². The van der Waals surface area contributed by atoms with Gasteiger partial charge in [-0.05, 0) is 25.0 Å². The molecule has 7 nitrogen and oxygen atoms in total. The second kappa shape index (κ2) is 8.27. The molecule has 1 saturated carbocycles. The predicted molar refractivity (Wildman–Crippen MR) is 97.5 cm³/mol. The molecule has 1 fully saturated rings. The molecular weight excluding hydrogens is 354 g/mol. The van der Waals surface area contributed by atoms with Gasteiger partial charge in [0.15, 0.2) is 6.61 Å². The fourth-order valence-corrected chi connectivity index (χ4v) is 4.41. The monoisotopic (exact) mass is 375 g/mol. The Morgan fingerprint density at radius 2 is 2.00 bits per heavy atom. The Labute approximate surface area is 154 Å². The van der Waals surface area contributed by atoms with Crippen molar-refractivity contribution < 1.29 is 19.1 Å². The van der Waals surface area contributed by atoms with Crippen LogP contribution in [0, 0.1) is 5.92 Å². The summed E-state index contributed by atoms with van der Waals surface area (Å²) in [6.07, 6.45) is 3.61. The summed E-state index contributed by atoms with van der Waals surface area (Å²) in [6.45, 7) is -0.677. The van der Waals surface area contributed by atoms with E-state index in [2.05, 4.69) is 5.32 Å². The van der Waals surface area contributed by atoms with Crippen molar-refractivity contribution >= 4 is 39.3 Å². The normalized spacial score (nSPS) is 19.8. The molecule has 1 aliphatic rings. The van der Waals surface area contributed by atoms with Crippen LogP contribution in [0.5, 0.6) is 0 Å². The molecule has 3 N–H and O–H groups in total. The fourth-order valence-electron chi connectivity index (χ4n) is 3.24. The summed E-state index contributed by atoms with van der Waals surface area (Å²) in [7, 11) is 0. The quantitative estimate of drug-likeness (QED) is 0.747. The standard InChI is InChI=1S/C18H21N3O4S/c19-15(22)9-20-16(23)10-25-18(24)12-6-2-1-5-11(12)17-21-13-7-3-4-8-14(13)26-17/h3-4,7-8,11-12H,1-2,5-6,9-10H2,(H2,19,22)(H,20,23)/t11-,12+/m0/s1. The number of hydrogen-bond donors (Lipinski definition) is 2. The SMILES string of the molecule is NC(=O)CNC(=O)COC(=O)[C@@H]1CCCC[C@@H]1c1nc2ccccc2s1. The maximum atomic E-state index is 12.5. The molecule has 3 rings (SSSR count). The number of fused-ring (bicyclic) bond motifs is 1. The van der Waals surface area contributed by atoms with Gasteiger partial charge in [0.05, 0.1) is 27.7 Å². The van der Waals surface area contributed by atoms with Crippen LogP contribution in [0.3, 0.4) is 0 Å². The molecule has 0 aliphatic heterocycles. The second-order valence-corrected chi connectivity index (χ2v) is 7.43. The zero-order valence-corrected chi connectivity index (χ0v) is 15.1. The number of amides is 2. The molecule has 1 aromatic heterocycles. The first-order chi connectivity index (χ1) is 12.5. The van der Waals surface area contributed by atoms with E-state index in [9.17, 15) is 14.4 Å². The zero-order chi connectivity index (χ0) is 18.5. The molecule has 138 valence electrons. The number of carbonyl (C=O) groups excluding carboxylic acids is 3. The molecule has 26 heavy (non-hydrogen) atoms. The lowest BCUT2D eigenvalue weighted by Crippen LogP contribution is -2.37. The highest BCUT2D eigenvalue weighted by Gasteiger charge is 2.35. The van der Waals surface area contributed by atoms with Gasteiger partial charge in [0, 0.05) is 5.92 Å². The van der Waals surface area contributed by atoms with Gasteiger partial charge in [-0.2, -0.15) is 0 Å². The first kappa shape index (κ1) is 18.3. The number of benzene rings is 1. The van der Waals surface area contributed by atoms with Gasteiger partial charge in [0.2, 0.25) is 5.91 Å². The van der Waals surface area contributed by atoms with Crippen LogP contribution in [0.1, 0.15) is 36.6 Å². The first-order valence-electron chi connectivity index (χ1n) is 8.61. The summed E-state index contributed by atoms with van der Waals surface area (Å²) in [5, 5.41) is 3.25. The Balaban J connectivity index is 1.65. The molecule has 0 bridgehead atoms. The molecule has 1 aromatic carbocycles. The van der Waals surface area contributed by atoms with Gasteiger partial charge in [-0.1, -0.05) is 25.0 Å². The van der Waals surface area contributed by atoms with E-state index < -0.39 is 18.4 Å². The van der Waals surface area contributed by atoms with Gasteiger partial charge in [0.25, 0.3) is 5.91 Å². The predicted octanol–water partition coefficient (Wildman–Crippen LogP) is 1.71. The first-order valence-corrected chi connectivity index (χ1v) is 9.43. The summed E-state index contributed by atoms with van der Waals surface area (Å²) in [5.41, 5.74) is 5.90. The number of esters is 1. The number of nitrogens with zero attached hydrogens (tertiary/aromatic N) is 1. The van der Waals surface area contributed by atoms with E-state index in [1.807, 2.05) is 24.3 Å². The van der Waals surface area contributed by atoms with Crippen molar-refractivity contribution in [1.82, 2.24) is 10.3 Å². The highest BCUT2D eigenvalue weighted by Crippen LogP contribution is 2.41. The van der Waals surface area contributed by atoms with Crippen LogP contribution >= 0.6 is 11.3 Å². The molecule has 0 spiro atoms. The zero-order valence-electron chi connectivity index (χ0n) is 14.3. The van der Waals surface area contributed by atoms with Crippen LogP contribution in [-0.4, -0.2) is 35.9 Å². The Kier molecular flexibility index (Phi) is 5.82. The minimum absolute atomic E-state index is 0.0160. The maximum Gasteiger partial charge on any atom is 0.310 e. The molecule has 8 heteroatoms. The van der Waals surface area contributed by atoms with E-state index in [1.165, 1.54) is 0 Å². The fraction of sp³-hybridized carbons (Fsp3) is 0.444. The average Bonchev–Trinajstić information content (AvgIpc) is 3.08. The van der Waals surface area contributed by atoms with E-state index >= 15 is 0 Å². The van der Waals surface area contributed by atoms with Gasteiger partial charge in [-0.3, -0.25) is 14.4 Å². The molecule has 2 amide bonds. The van der Waals surface area contributed by atoms with Crippen LogP contribution in [0.4, 0.5) is 0 Å². The van der Waals surface area contributed by atoms with Gasteiger partial charge < -0.3 is 15.8 Å². The smallest absolute Gasteiger partial charge is 0.310 e. The molecule has 1 aliphatic carbocycles. The number of thiazole rings is 1. The van der Waals surface area contributed by atoms with E-state index in [-0.39, 0.29) is 24.3 Å². The third kappa shape index (κ3) is 4.37. The Morgan fingerprint density at radius 1 is 1.23 bits per heavy atom. The molecule has 0 radical (unpaired) electrons. The van der Waals surface area contributed by atoms with E-state index in [0.29, 0.717) is 0 Å². The lowest BCUT2D eigenvalue weighted by molar-refractivity contribution is -0.154. The van der Waals surface area contributed by atoms with Gasteiger partial charge in [-0.15, -0.1) is 11.3 Å². The molecule has 2 aromatic rings. The number of carbonyl (C=O) groups is 3. The number of ether oxygens (including phenoxy) is 1. The van der Waals surface area contributed by atoms with Crippen molar-refractivity contribution in [2.75, 3.05) is 13.2 Å². The number of para-hydroxylation sites is 1. The van der Waals surface area contributed by atoms with E-state index in [0.717, 1.165) is 40.9 Å². The van der Waals surface area contributed by atoms with Crippen molar-refractivity contribution in [3.63, 3.8) is 0 Å². The third-order valence-electron chi connectivity index (χ3n) is 4.50. The topological polar surface area (TPSA) is 111 Å². The summed E-state index contributed by atoms with van der Waals surface area (Å²) >= 11 is 1.61. The summed E-state index contributed by atoms with van der Waals surface area (Å²) in [6, 6.07) is 7.91. The summed E-state index contributed by atoms with van der Waals surface area (Å²) in [4.78, 5) is 39.5. The number of primary amides is 1. The third-order valence-corrected chi connectivity index (χ3v) is 5.67. The van der Waals surface area contributed by atoms with Gasteiger partial charge >= 0.3 is 5.97 Å². The Morgan fingerprint density at radius 3 is 2.77 bits per heavy atom. The minimum atomic E-state index is -0.646. The minimum Gasteiger partial charge on any atom is -0.455 e. The number of hydrogen-bond acceptors (Lipinski definition) is 6. The summed E-state index contributed by atoms with van der Waals surface area (Å²) < 4.78 is 6.28. The van der Waals surface area contributed by atoms with E-state index in [4.69, 9.17) is 15.5 Å². The number of nitrogens with one attached hydrogen (secondary N) is 1. The van der Waals surface area contributed by atoms with Crippen molar-refractivity contribution in [1.29, 1.82) is 0 Å². The number of nitrogens with two attached hydrogens (primary N) is 1. The Bertz CT molecular complexity index is 787. The molecule has 0 unspecified atom stereocenters. The summed E-state index contributed by atoms with van der Waals surface area (Å²) in [5.74, 6) is -1.85. The highest BCUT2D eigenvalue weighted by molar-refractivity contribution is 7.18. The number of rotatable bonds is 6. The Hall–Kier alpha value is -2.48. The van der Waals surface area contributed by atoms with Gasteiger partial charge in [-0.25, -0.2) is 4.98 Å². The average molecular weight is 375 g/mol. The van der Waals surface area contributed by atoms with Crippen LogP contribution in [0.2, 0.25) is 0 Å².